The van der Waals surface area contributed by atoms with E-state index in [1.165, 1.54) is 5.56 Å². The molecule has 0 fully saturated rings. The average Bonchev–Trinajstić information content (AvgIpc) is 2.48. The Morgan fingerprint density at radius 1 is 1.10 bits per heavy atom. The maximum Gasteiger partial charge on any atom is 0.0718 e. The molecule has 0 saturated heterocycles. The standard InChI is InChI=1S/C18H20N2/c1-4-16-10-11-17(20(2)3)14-18(16)19-13-12-15-8-6-5-7-9-15/h4-11,13-14H,1,12H2,2-3H3. The molecule has 0 atom stereocenters. The van der Waals surface area contributed by atoms with Gasteiger partial charge >= 0.3 is 0 Å². The molecule has 2 nitrogen and oxygen atoms in total. The fourth-order valence-corrected chi connectivity index (χ4v) is 1.96. The summed E-state index contributed by atoms with van der Waals surface area (Å²) < 4.78 is 0. The molecule has 0 unspecified atom stereocenters. The minimum Gasteiger partial charge on any atom is -0.378 e. The molecule has 0 aromatic heterocycles. The third-order valence-electron chi connectivity index (χ3n) is 3.15. The van der Waals surface area contributed by atoms with Crippen LogP contribution in [0.5, 0.6) is 0 Å². The van der Waals surface area contributed by atoms with E-state index < -0.39 is 0 Å². The van der Waals surface area contributed by atoms with E-state index in [0.717, 1.165) is 23.4 Å². The lowest BCUT2D eigenvalue weighted by Gasteiger charge is -2.13. The zero-order valence-electron chi connectivity index (χ0n) is 12.1. The van der Waals surface area contributed by atoms with Gasteiger partial charge in [0.15, 0.2) is 0 Å². The molecule has 0 heterocycles. The summed E-state index contributed by atoms with van der Waals surface area (Å²) in [7, 11) is 4.06. The summed E-state index contributed by atoms with van der Waals surface area (Å²) in [5, 5.41) is 0. The third kappa shape index (κ3) is 3.58. The molecule has 2 aromatic carbocycles. The van der Waals surface area contributed by atoms with Crippen molar-refractivity contribution in [3.63, 3.8) is 0 Å². The number of hydrogen-bond donors (Lipinski definition) is 0. The zero-order valence-corrected chi connectivity index (χ0v) is 12.1. The Morgan fingerprint density at radius 2 is 1.85 bits per heavy atom. The number of benzene rings is 2. The van der Waals surface area contributed by atoms with E-state index in [0.29, 0.717) is 0 Å². The monoisotopic (exact) mass is 264 g/mol. The first-order valence-corrected chi connectivity index (χ1v) is 6.71. The van der Waals surface area contributed by atoms with Crippen LogP contribution in [0.1, 0.15) is 11.1 Å². The predicted molar refractivity (Wildman–Crippen MR) is 89.2 cm³/mol. The van der Waals surface area contributed by atoms with E-state index >= 15 is 0 Å². The Labute approximate surface area is 121 Å². The van der Waals surface area contributed by atoms with Crippen molar-refractivity contribution < 1.29 is 0 Å². The van der Waals surface area contributed by atoms with Crippen LogP contribution in [-0.4, -0.2) is 20.3 Å². The number of aliphatic imine (C=N–C) groups is 1. The van der Waals surface area contributed by atoms with Crippen LogP contribution in [-0.2, 0) is 6.42 Å². The molecular weight excluding hydrogens is 244 g/mol. The lowest BCUT2D eigenvalue weighted by atomic mass is 10.1. The van der Waals surface area contributed by atoms with Gasteiger partial charge in [0.1, 0.15) is 0 Å². The van der Waals surface area contributed by atoms with E-state index in [1.54, 1.807) is 0 Å². The zero-order chi connectivity index (χ0) is 14.4. The van der Waals surface area contributed by atoms with E-state index in [2.05, 4.69) is 46.8 Å². The lowest BCUT2D eigenvalue weighted by molar-refractivity contribution is 1.13. The Hall–Kier alpha value is -2.35. The first-order valence-electron chi connectivity index (χ1n) is 6.71. The Bertz CT molecular complexity index is 598. The van der Waals surface area contributed by atoms with Gasteiger partial charge in [0, 0.05) is 32.4 Å². The number of rotatable bonds is 5. The Balaban J connectivity index is 2.18. The fourth-order valence-electron chi connectivity index (χ4n) is 1.96. The van der Waals surface area contributed by atoms with Crippen molar-refractivity contribution in [3.05, 3.63) is 66.2 Å². The van der Waals surface area contributed by atoms with Gasteiger partial charge < -0.3 is 4.90 Å². The summed E-state index contributed by atoms with van der Waals surface area (Å²) in [6.07, 6.45) is 4.63. The van der Waals surface area contributed by atoms with E-state index in [4.69, 9.17) is 0 Å². The largest absolute Gasteiger partial charge is 0.378 e. The van der Waals surface area contributed by atoms with Crippen molar-refractivity contribution in [2.45, 2.75) is 6.42 Å². The number of nitrogens with zero attached hydrogens (tertiary/aromatic N) is 2. The topological polar surface area (TPSA) is 15.6 Å². The second kappa shape index (κ2) is 6.71. The van der Waals surface area contributed by atoms with Crippen molar-refractivity contribution in [1.82, 2.24) is 0 Å². The summed E-state index contributed by atoms with van der Waals surface area (Å²) in [4.78, 5) is 6.66. The summed E-state index contributed by atoms with van der Waals surface area (Å²) in [6.45, 7) is 3.84. The molecule has 0 aliphatic heterocycles. The molecule has 20 heavy (non-hydrogen) atoms. The highest BCUT2D eigenvalue weighted by Gasteiger charge is 2.01. The first kappa shape index (κ1) is 14.1. The molecular formula is C18H20N2. The van der Waals surface area contributed by atoms with Crippen LogP contribution in [0.4, 0.5) is 11.4 Å². The highest BCUT2D eigenvalue weighted by molar-refractivity contribution is 5.74. The molecule has 0 amide bonds. The molecule has 0 N–H and O–H groups in total. The van der Waals surface area contributed by atoms with Crippen LogP contribution in [0, 0.1) is 0 Å². The van der Waals surface area contributed by atoms with E-state index in [-0.39, 0.29) is 0 Å². The van der Waals surface area contributed by atoms with Gasteiger partial charge in [0.2, 0.25) is 0 Å². The molecule has 0 saturated carbocycles. The Kier molecular flexibility index (Phi) is 4.72. The second-order valence-electron chi connectivity index (χ2n) is 4.84. The minimum absolute atomic E-state index is 0.837. The van der Waals surface area contributed by atoms with Crippen LogP contribution in [0.15, 0.2) is 60.1 Å². The molecule has 102 valence electrons. The van der Waals surface area contributed by atoms with Crippen molar-refractivity contribution in [2.24, 2.45) is 4.99 Å². The quantitative estimate of drug-likeness (QED) is 0.733. The smallest absolute Gasteiger partial charge is 0.0718 e. The van der Waals surface area contributed by atoms with Crippen molar-refractivity contribution >= 4 is 23.7 Å². The molecule has 0 aliphatic carbocycles. The van der Waals surface area contributed by atoms with Crippen molar-refractivity contribution in [1.29, 1.82) is 0 Å². The van der Waals surface area contributed by atoms with Crippen LogP contribution in [0.2, 0.25) is 0 Å². The van der Waals surface area contributed by atoms with E-state index in [1.807, 2.05) is 44.6 Å². The van der Waals surface area contributed by atoms with Gasteiger partial charge in [-0.3, -0.25) is 4.99 Å². The van der Waals surface area contributed by atoms with Gasteiger partial charge in [-0.2, -0.15) is 0 Å². The minimum atomic E-state index is 0.837. The highest BCUT2D eigenvalue weighted by atomic mass is 15.1. The van der Waals surface area contributed by atoms with Crippen molar-refractivity contribution in [3.8, 4) is 0 Å². The molecule has 0 radical (unpaired) electrons. The van der Waals surface area contributed by atoms with Crippen LogP contribution < -0.4 is 4.90 Å². The lowest BCUT2D eigenvalue weighted by Crippen LogP contribution is -2.08. The molecule has 0 spiro atoms. The van der Waals surface area contributed by atoms with Crippen LogP contribution in [0.25, 0.3) is 6.08 Å². The van der Waals surface area contributed by atoms with Crippen LogP contribution >= 0.6 is 0 Å². The van der Waals surface area contributed by atoms with Gasteiger partial charge in [-0.15, -0.1) is 0 Å². The first-order chi connectivity index (χ1) is 9.70. The molecule has 0 bridgehead atoms. The molecule has 2 rings (SSSR count). The molecule has 2 aromatic rings. The fraction of sp³-hybridized carbons (Fsp3) is 0.167. The SMILES string of the molecule is C=Cc1ccc(N(C)C)cc1N=CCc1ccccc1. The predicted octanol–water partition coefficient (Wildman–Crippen LogP) is 4.34. The van der Waals surface area contributed by atoms with Gasteiger partial charge in [0.05, 0.1) is 5.69 Å². The van der Waals surface area contributed by atoms with Gasteiger partial charge in [-0.05, 0) is 23.3 Å². The third-order valence-corrected chi connectivity index (χ3v) is 3.15. The summed E-state index contributed by atoms with van der Waals surface area (Å²) >= 11 is 0. The second-order valence-corrected chi connectivity index (χ2v) is 4.84. The Morgan fingerprint density at radius 3 is 2.50 bits per heavy atom. The molecule has 2 heteroatoms. The van der Waals surface area contributed by atoms with E-state index in [9.17, 15) is 0 Å². The summed E-state index contributed by atoms with van der Waals surface area (Å²) in [5.41, 5.74) is 4.42. The normalized spacial score (nSPS) is 10.7. The van der Waals surface area contributed by atoms with Crippen LogP contribution in [0.3, 0.4) is 0 Å². The maximum atomic E-state index is 4.59. The highest BCUT2D eigenvalue weighted by Crippen LogP contribution is 2.25. The van der Waals surface area contributed by atoms with Crippen molar-refractivity contribution in [2.75, 3.05) is 19.0 Å². The van der Waals surface area contributed by atoms with Gasteiger partial charge in [0.25, 0.3) is 0 Å². The number of hydrogen-bond acceptors (Lipinski definition) is 2. The summed E-state index contributed by atoms with van der Waals surface area (Å²) in [5.74, 6) is 0. The molecule has 0 aliphatic rings. The van der Waals surface area contributed by atoms with Gasteiger partial charge in [-0.1, -0.05) is 49.1 Å². The maximum absolute atomic E-state index is 4.59. The average molecular weight is 264 g/mol. The number of anilines is 1. The summed E-state index contributed by atoms with van der Waals surface area (Å²) in [6, 6.07) is 16.5. The van der Waals surface area contributed by atoms with Gasteiger partial charge in [-0.25, -0.2) is 0 Å².